The van der Waals surface area contributed by atoms with Gasteiger partial charge in [-0.3, -0.25) is 19.4 Å². The molecule has 2 amide bonds. The Bertz CT molecular complexity index is 848. The molecule has 3 rings (SSSR count). The Labute approximate surface area is 164 Å². The molecule has 0 radical (unpaired) electrons. The summed E-state index contributed by atoms with van der Waals surface area (Å²) < 4.78 is 10.5. The van der Waals surface area contributed by atoms with Gasteiger partial charge in [-0.1, -0.05) is 18.2 Å². The summed E-state index contributed by atoms with van der Waals surface area (Å²) in [5, 5.41) is 10.4. The van der Waals surface area contributed by atoms with Gasteiger partial charge in [0.1, 0.15) is 0 Å². The lowest BCUT2D eigenvalue weighted by molar-refractivity contribution is 0.0488. The summed E-state index contributed by atoms with van der Waals surface area (Å²) in [5.74, 6) is 0.573. The van der Waals surface area contributed by atoms with Crippen LogP contribution >= 0.6 is 0 Å². The molecule has 1 heterocycles. The van der Waals surface area contributed by atoms with E-state index in [1.54, 1.807) is 38.5 Å². The first-order valence-corrected chi connectivity index (χ1v) is 8.97. The van der Waals surface area contributed by atoms with Crippen molar-refractivity contribution in [2.24, 2.45) is 0 Å². The molecule has 7 heteroatoms. The maximum atomic E-state index is 12.4. The Kier molecular flexibility index (Phi) is 5.96. The second-order valence-corrected chi connectivity index (χ2v) is 6.81. The SMILES string of the molecule is COc1ccc(CN(C)C[C@@H](O)CN2C(=O)c3ccccc3C2=O)cc1OC. The van der Waals surface area contributed by atoms with Gasteiger partial charge in [-0.25, -0.2) is 0 Å². The number of carbonyl (C=O) groups is 2. The predicted octanol–water partition coefficient (Wildman–Crippen LogP) is 1.79. The van der Waals surface area contributed by atoms with Crippen LogP contribution in [0, 0.1) is 0 Å². The summed E-state index contributed by atoms with van der Waals surface area (Å²) in [4.78, 5) is 27.8. The van der Waals surface area contributed by atoms with Crippen LogP contribution < -0.4 is 9.47 Å². The van der Waals surface area contributed by atoms with E-state index in [1.807, 2.05) is 30.1 Å². The Morgan fingerprint density at radius 2 is 1.61 bits per heavy atom. The highest BCUT2D eigenvalue weighted by molar-refractivity contribution is 6.21. The Hall–Kier alpha value is -2.90. The molecule has 148 valence electrons. The van der Waals surface area contributed by atoms with E-state index < -0.39 is 6.10 Å². The van der Waals surface area contributed by atoms with Gasteiger partial charge >= 0.3 is 0 Å². The number of imide groups is 1. The number of likely N-dealkylation sites (N-methyl/N-ethyl adjacent to an activating group) is 1. The Morgan fingerprint density at radius 1 is 1.00 bits per heavy atom. The van der Waals surface area contributed by atoms with Crippen molar-refractivity contribution < 1.29 is 24.2 Å². The molecule has 0 saturated carbocycles. The number of aliphatic hydroxyl groups excluding tert-OH is 1. The molecular weight excluding hydrogens is 360 g/mol. The van der Waals surface area contributed by atoms with E-state index in [0.717, 1.165) is 10.5 Å². The number of amides is 2. The minimum absolute atomic E-state index is 0.0391. The molecule has 0 aromatic heterocycles. The van der Waals surface area contributed by atoms with Crippen molar-refractivity contribution in [3.05, 3.63) is 59.2 Å². The first kappa shape index (κ1) is 19.9. The van der Waals surface area contributed by atoms with Crippen LogP contribution in [0.3, 0.4) is 0 Å². The first-order valence-electron chi connectivity index (χ1n) is 8.97. The Morgan fingerprint density at radius 3 is 2.18 bits per heavy atom. The van der Waals surface area contributed by atoms with Crippen LogP contribution in [0.2, 0.25) is 0 Å². The van der Waals surface area contributed by atoms with Crippen LogP contribution in [0.5, 0.6) is 11.5 Å². The van der Waals surface area contributed by atoms with Crippen molar-refractivity contribution in [2.45, 2.75) is 12.6 Å². The van der Waals surface area contributed by atoms with Gasteiger partial charge in [0.25, 0.3) is 11.8 Å². The van der Waals surface area contributed by atoms with E-state index in [9.17, 15) is 14.7 Å². The normalized spacial score (nSPS) is 14.4. The van der Waals surface area contributed by atoms with Gasteiger partial charge in [-0.2, -0.15) is 0 Å². The van der Waals surface area contributed by atoms with Crippen LogP contribution in [0.1, 0.15) is 26.3 Å². The molecule has 0 fully saturated rings. The number of aliphatic hydroxyl groups is 1. The second kappa shape index (κ2) is 8.41. The number of rotatable bonds is 8. The molecule has 0 unspecified atom stereocenters. The van der Waals surface area contributed by atoms with E-state index in [-0.39, 0.29) is 18.4 Å². The number of methoxy groups -OCH3 is 2. The van der Waals surface area contributed by atoms with Crippen LogP contribution in [0.15, 0.2) is 42.5 Å². The van der Waals surface area contributed by atoms with Crippen LogP contribution in [-0.4, -0.2) is 67.2 Å². The summed E-state index contributed by atoms with van der Waals surface area (Å²) in [5.41, 5.74) is 1.77. The zero-order chi connectivity index (χ0) is 20.3. The molecular formula is C21H24N2O5. The maximum Gasteiger partial charge on any atom is 0.261 e. The number of benzene rings is 2. The molecule has 28 heavy (non-hydrogen) atoms. The molecule has 0 aliphatic carbocycles. The quantitative estimate of drug-likeness (QED) is 0.699. The molecule has 1 N–H and O–H groups in total. The number of ether oxygens (including phenoxy) is 2. The van der Waals surface area contributed by atoms with Gasteiger partial charge in [0, 0.05) is 13.1 Å². The van der Waals surface area contributed by atoms with E-state index in [1.165, 1.54) is 0 Å². The van der Waals surface area contributed by atoms with E-state index in [0.29, 0.717) is 35.7 Å². The molecule has 1 atom stereocenters. The zero-order valence-electron chi connectivity index (χ0n) is 16.2. The van der Waals surface area contributed by atoms with Crippen molar-refractivity contribution in [3.8, 4) is 11.5 Å². The Balaban J connectivity index is 1.59. The van der Waals surface area contributed by atoms with Crippen LogP contribution in [0.4, 0.5) is 0 Å². The van der Waals surface area contributed by atoms with Gasteiger partial charge in [0.2, 0.25) is 0 Å². The average Bonchev–Trinajstić information content (AvgIpc) is 2.93. The number of β-amino-alcohol motifs (C(OH)–C–C–N with tert-alkyl or cyclic N) is 1. The second-order valence-electron chi connectivity index (χ2n) is 6.81. The van der Waals surface area contributed by atoms with Crippen molar-refractivity contribution >= 4 is 11.8 Å². The van der Waals surface area contributed by atoms with Gasteiger partial charge in [0.15, 0.2) is 11.5 Å². The molecule has 2 aromatic carbocycles. The molecule has 7 nitrogen and oxygen atoms in total. The average molecular weight is 384 g/mol. The minimum atomic E-state index is -0.854. The number of hydrogen-bond acceptors (Lipinski definition) is 6. The molecule has 0 saturated heterocycles. The largest absolute Gasteiger partial charge is 0.493 e. The number of hydrogen-bond donors (Lipinski definition) is 1. The zero-order valence-corrected chi connectivity index (χ0v) is 16.2. The maximum absolute atomic E-state index is 12.4. The predicted molar refractivity (Wildman–Crippen MR) is 104 cm³/mol. The highest BCUT2D eigenvalue weighted by atomic mass is 16.5. The monoisotopic (exact) mass is 384 g/mol. The third-order valence-electron chi connectivity index (χ3n) is 4.69. The first-order chi connectivity index (χ1) is 13.4. The fourth-order valence-corrected chi connectivity index (χ4v) is 3.39. The lowest BCUT2D eigenvalue weighted by atomic mass is 10.1. The third-order valence-corrected chi connectivity index (χ3v) is 4.69. The van der Waals surface area contributed by atoms with E-state index >= 15 is 0 Å². The minimum Gasteiger partial charge on any atom is -0.493 e. The van der Waals surface area contributed by atoms with Crippen LogP contribution in [0.25, 0.3) is 0 Å². The summed E-state index contributed by atoms with van der Waals surface area (Å²) in [6.07, 6.45) is -0.854. The number of fused-ring (bicyclic) bond motifs is 1. The number of nitrogens with zero attached hydrogens (tertiary/aromatic N) is 2. The third kappa shape index (κ3) is 4.00. The summed E-state index contributed by atoms with van der Waals surface area (Å²) in [7, 11) is 5.03. The molecule has 1 aliphatic heterocycles. The topological polar surface area (TPSA) is 79.3 Å². The summed E-state index contributed by atoms with van der Waals surface area (Å²) in [6.45, 7) is 0.837. The molecule has 1 aliphatic rings. The van der Waals surface area contributed by atoms with Gasteiger partial charge in [-0.05, 0) is 36.9 Å². The lowest BCUT2D eigenvalue weighted by Crippen LogP contribution is -2.41. The number of carbonyl (C=O) groups excluding carboxylic acids is 2. The van der Waals surface area contributed by atoms with Crippen molar-refractivity contribution in [1.29, 1.82) is 0 Å². The fourth-order valence-electron chi connectivity index (χ4n) is 3.39. The molecule has 2 aromatic rings. The van der Waals surface area contributed by atoms with Crippen molar-refractivity contribution in [2.75, 3.05) is 34.4 Å². The standard InChI is InChI=1S/C21H24N2O5/c1-22(11-14-8-9-18(27-2)19(10-14)28-3)12-15(24)13-23-20(25)16-6-4-5-7-17(16)21(23)26/h4-10,15,24H,11-13H2,1-3H3/t15-/m1/s1. The van der Waals surface area contributed by atoms with Crippen molar-refractivity contribution in [1.82, 2.24) is 9.80 Å². The summed E-state index contributed by atoms with van der Waals surface area (Å²) >= 11 is 0. The van der Waals surface area contributed by atoms with Gasteiger partial charge in [0.05, 0.1) is 38.0 Å². The van der Waals surface area contributed by atoms with E-state index in [4.69, 9.17) is 9.47 Å². The molecule has 0 bridgehead atoms. The smallest absolute Gasteiger partial charge is 0.261 e. The molecule has 0 spiro atoms. The lowest BCUT2D eigenvalue weighted by Gasteiger charge is -2.24. The fraction of sp³-hybridized carbons (Fsp3) is 0.333. The highest BCUT2D eigenvalue weighted by Gasteiger charge is 2.36. The highest BCUT2D eigenvalue weighted by Crippen LogP contribution is 2.28. The van der Waals surface area contributed by atoms with Crippen molar-refractivity contribution in [3.63, 3.8) is 0 Å². The van der Waals surface area contributed by atoms with Gasteiger partial charge < -0.3 is 14.6 Å². The van der Waals surface area contributed by atoms with E-state index in [2.05, 4.69) is 0 Å². The summed E-state index contributed by atoms with van der Waals surface area (Å²) in [6, 6.07) is 12.3. The van der Waals surface area contributed by atoms with Gasteiger partial charge in [-0.15, -0.1) is 0 Å². The van der Waals surface area contributed by atoms with Crippen LogP contribution in [-0.2, 0) is 6.54 Å².